The average molecular weight is 325 g/mol. The molecule has 0 bridgehead atoms. The van der Waals surface area contributed by atoms with Crippen molar-refractivity contribution in [3.8, 4) is 0 Å². The van der Waals surface area contributed by atoms with Crippen LogP contribution in [0.2, 0.25) is 0 Å². The summed E-state index contributed by atoms with van der Waals surface area (Å²) in [6, 6.07) is 0. The average Bonchev–Trinajstić information content (AvgIpc) is 3.09. The first kappa shape index (κ1) is 14.0. The van der Waals surface area contributed by atoms with Crippen molar-refractivity contribution in [1.29, 1.82) is 0 Å². The van der Waals surface area contributed by atoms with Crippen molar-refractivity contribution in [2.24, 2.45) is 0 Å². The third kappa shape index (κ3) is 2.88. The van der Waals surface area contributed by atoms with Crippen molar-refractivity contribution in [2.45, 2.75) is 36.2 Å². The van der Waals surface area contributed by atoms with Crippen molar-refractivity contribution >= 4 is 39.4 Å². The van der Waals surface area contributed by atoms with Gasteiger partial charge in [0, 0.05) is 18.1 Å². The summed E-state index contributed by atoms with van der Waals surface area (Å²) in [5.74, 6) is 0. The molecular weight excluding hydrogens is 310 g/mol. The summed E-state index contributed by atoms with van der Waals surface area (Å²) in [5.41, 5.74) is 1.20. The maximum atomic E-state index is 4.70. The molecule has 0 fully saturated rings. The van der Waals surface area contributed by atoms with Gasteiger partial charge in [-0.2, -0.15) is 0 Å². The highest BCUT2D eigenvalue weighted by Gasteiger charge is 2.15. The van der Waals surface area contributed by atoms with Gasteiger partial charge in [-0.15, -0.1) is 21.5 Å². The minimum absolute atomic E-state index is 0.825. The monoisotopic (exact) mass is 325 g/mol. The molecule has 20 heavy (non-hydrogen) atoms. The lowest BCUT2D eigenvalue weighted by Gasteiger charge is -2.04. The van der Waals surface area contributed by atoms with E-state index in [9.17, 15) is 0 Å². The summed E-state index contributed by atoms with van der Waals surface area (Å²) >= 11 is 4.87. The summed E-state index contributed by atoms with van der Waals surface area (Å²) in [4.78, 5) is 5.73. The standard InChI is InChI=1S/C12H15N5S3/c1-3-4-13-7-9-10(14-11-17(9)5-6-18-11)20-12-16-15-8(2)19-12/h5-6,13H,3-4,7H2,1-2H3. The molecule has 3 aromatic rings. The quantitative estimate of drug-likeness (QED) is 0.705. The highest BCUT2D eigenvalue weighted by molar-refractivity contribution is 8.01. The maximum Gasteiger partial charge on any atom is 0.194 e. The Morgan fingerprint density at radius 1 is 1.40 bits per heavy atom. The van der Waals surface area contributed by atoms with Gasteiger partial charge < -0.3 is 5.32 Å². The zero-order chi connectivity index (χ0) is 13.9. The predicted octanol–water partition coefficient (Wildman–Crippen LogP) is 3.21. The van der Waals surface area contributed by atoms with Crippen LogP contribution in [0.5, 0.6) is 0 Å². The summed E-state index contributed by atoms with van der Waals surface area (Å²) in [6.45, 7) is 5.98. The lowest BCUT2D eigenvalue weighted by atomic mass is 10.4. The molecule has 0 aromatic carbocycles. The molecule has 3 heterocycles. The van der Waals surface area contributed by atoms with Crippen LogP contribution in [0.4, 0.5) is 0 Å². The normalized spacial score (nSPS) is 11.5. The molecule has 5 nitrogen and oxygen atoms in total. The van der Waals surface area contributed by atoms with Gasteiger partial charge in [0.1, 0.15) is 10.0 Å². The summed E-state index contributed by atoms with van der Waals surface area (Å²) in [5, 5.41) is 15.8. The zero-order valence-electron chi connectivity index (χ0n) is 11.3. The lowest BCUT2D eigenvalue weighted by molar-refractivity contribution is 0.653. The van der Waals surface area contributed by atoms with E-state index in [1.807, 2.05) is 6.92 Å². The number of aryl methyl sites for hydroxylation is 1. The molecule has 0 unspecified atom stereocenters. The van der Waals surface area contributed by atoms with Crippen molar-refractivity contribution < 1.29 is 0 Å². The molecule has 106 valence electrons. The van der Waals surface area contributed by atoms with Crippen LogP contribution in [0.3, 0.4) is 0 Å². The number of imidazole rings is 1. The molecule has 0 aliphatic heterocycles. The molecule has 0 radical (unpaired) electrons. The Balaban J connectivity index is 1.88. The van der Waals surface area contributed by atoms with E-state index in [1.165, 1.54) is 5.69 Å². The third-order valence-electron chi connectivity index (χ3n) is 2.74. The minimum atomic E-state index is 0.825. The molecule has 0 atom stereocenters. The number of fused-ring (bicyclic) bond motifs is 1. The van der Waals surface area contributed by atoms with Crippen molar-refractivity contribution in [3.63, 3.8) is 0 Å². The van der Waals surface area contributed by atoms with E-state index in [2.05, 4.69) is 38.4 Å². The van der Waals surface area contributed by atoms with Crippen LogP contribution in [0.1, 0.15) is 24.0 Å². The fraction of sp³-hybridized carbons (Fsp3) is 0.417. The summed E-state index contributed by atoms with van der Waals surface area (Å²) < 4.78 is 3.11. The third-order valence-corrected chi connectivity index (χ3v) is 5.40. The van der Waals surface area contributed by atoms with E-state index in [1.54, 1.807) is 34.4 Å². The van der Waals surface area contributed by atoms with Crippen LogP contribution >= 0.6 is 34.4 Å². The second-order valence-corrected chi connectivity index (χ2v) is 7.58. The van der Waals surface area contributed by atoms with Gasteiger partial charge in [-0.05, 0) is 31.7 Å². The number of nitrogens with one attached hydrogen (secondary N) is 1. The van der Waals surface area contributed by atoms with E-state index < -0.39 is 0 Å². The molecule has 0 saturated carbocycles. The Morgan fingerprint density at radius 3 is 3.05 bits per heavy atom. The van der Waals surface area contributed by atoms with Crippen LogP contribution < -0.4 is 5.32 Å². The Kier molecular flexibility index (Phi) is 4.35. The van der Waals surface area contributed by atoms with E-state index in [4.69, 9.17) is 4.98 Å². The Morgan fingerprint density at radius 2 is 2.30 bits per heavy atom. The van der Waals surface area contributed by atoms with E-state index in [0.29, 0.717) is 0 Å². The van der Waals surface area contributed by atoms with Gasteiger partial charge in [-0.25, -0.2) is 4.98 Å². The van der Waals surface area contributed by atoms with Crippen molar-refractivity contribution in [3.05, 3.63) is 22.3 Å². The second-order valence-electron chi connectivity index (χ2n) is 4.29. The topological polar surface area (TPSA) is 55.1 Å². The molecule has 0 saturated heterocycles. The molecule has 0 aliphatic carbocycles. The van der Waals surface area contributed by atoms with Crippen molar-refractivity contribution in [1.82, 2.24) is 24.9 Å². The molecule has 0 amide bonds. The van der Waals surface area contributed by atoms with Crippen LogP contribution in [0, 0.1) is 6.92 Å². The fourth-order valence-electron chi connectivity index (χ4n) is 1.84. The number of hydrogen-bond donors (Lipinski definition) is 1. The van der Waals surface area contributed by atoms with Gasteiger partial charge in [-0.3, -0.25) is 4.40 Å². The van der Waals surface area contributed by atoms with E-state index in [0.717, 1.165) is 38.8 Å². The molecular formula is C12H15N5S3. The summed E-state index contributed by atoms with van der Waals surface area (Å²) in [6.07, 6.45) is 3.20. The first-order valence-electron chi connectivity index (χ1n) is 6.41. The summed E-state index contributed by atoms with van der Waals surface area (Å²) in [7, 11) is 0. The lowest BCUT2D eigenvalue weighted by Crippen LogP contribution is -2.15. The Hall–Kier alpha value is -0.960. The smallest absolute Gasteiger partial charge is 0.194 e. The van der Waals surface area contributed by atoms with Crippen LogP contribution in [-0.2, 0) is 6.54 Å². The van der Waals surface area contributed by atoms with Crippen LogP contribution in [0.15, 0.2) is 20.9 Å². The molecule has 1 N–H and O–H groups in total. The van der Waals surface area contributed by atoms with Gasteiger partial charge in [0.15, 0.2) is 9.30 Å². The second kappa shape index (κ2) is 6.21. The first-order valence-corrected chi connectivity index (χ1v) is 8.92. The van der Waals surface area contributed by atoms with Crippen molar-refractivity contribution in [2.75, 3.05) is 6.54 Å². The number of rotatable bonds is 6. The van der Waals surface area contributed by atoms with Gasteiger partial charge >= 0.3 is 0 Å². The highest BCUT2D eigenvalue weighted by Crippen LogP contribution is 2.33. The maximum absolute atomic E-state index is 4.70. The van der Waals surface area contributed by atoms with E-state index in [-0.39, 0.29) is 0 Å². The zero-order valence-corrected chi connectivity index (χ0v) is 13.7. The van der Waals surface area contributed by atoms with Gasteiger partial charge in [0.25, 0.3) is 0 Å². The fourth-order valence-corrected chi connectivity index (χ4v) is 4.48. The van der Waals surface area contributed by atoms with Gasteiger partial charge in [0.05, 0.1) is 5.69 Å². The molecule has 8 heteroatoms. The molecule has 0 spiro atoms. The largest absolute Gasteiger partial charge is 0.311 e. The molecule has 3 rings (SSSR count). The number of thiazole rings is 1. The Bertz CT molecular complexity index is 699. The number of nitrogens with zero attached hydrogens (tertiary/aromatic N) is 4. The Labute approximate surface area is 129 Å². The van der Waals surface area contributed by atoms with Gasteiger partial charge in [-0.1, -0.05) is 18.3 Å². The minimum Gasteiger partial charge on any atom is -0.311 e. The predicted molar refractivity (Wildman–Crippen MR) is 83.8 cm³/mol. The number of aromatic nitrogens is 4. The molecule has 3 aromatic heterocycles. The SMILES string of the molecule is CCCNCc1c(Sc2nnc(C)s2)nc2sccn12. The first-order chi connectivity index (χ1) is 9.78. The van der Waals surface area contributed by atoms with Gasteiger partial charge in [0.2, 0.25) is 0 Å². The van der Waals surface area contributed by atoms with Crippen LogP contribution in [0.25, 0.3) is 4.96 Å². The highest BCUT2D eigenvalue weighted by atomic mass is 32.2. The number of hydrogen-bond acceptors (Lipinski definition) is 7. The van der Waals surface area contributed by atoms with Crippen LogP contribution in [-0.4, -0.2) is 26.1 Å². The van der Waals surface area contributed by atoms with E-state index >= 15 is 0 Å². The molecule has 0 aliphatic rings.